The lowest BCUT2D eigenvalue weighted by molar-refractivity contribution is -0.121. The molecule has 1 N–H and O–H groups in total. The highest BCUT2D eigenvalue weighted by atomic mass is 16.3. The first-order valence-electron chi connectivity index (χ1n) is 12.6. The van der Waals surface area contributed by atoms with Crippen LogP contribution in [-0.4, -0.2) is 40.6 Å². The Kier molecular flexibility index (Phi) is 6.86. The molecule has 0 bridgehead atoms. The van der Waals surface area contributed by atoms with Gasteiger partial charge in [-0.1, -0.05) is 37.3 Å². The fourth-order valence-electron chi connectivity index (χ4n) is 4.84. The SMILES string of the molecule is CC(=O)c1cccc(NC(=O)[C@@H](C)C2CCN(C(=O)c3ccc4oc(-c5ccccc5)nc4c3)CC2)c1. The van der Waals surface area contributed by atoms with Gasteiger partial charge in [-0.25, -0.2) is 4.98 Å². The highest BCUT2D eigenvalue weighted by Crippen LogP contribution is 2.29. The zero-order valence-corrected chi connectivity index (χ0v) is 20.9. The lowest BCUT2D eigenvalue weighted by atomic mass is 9.84. The zero-order chi connectivity index (χ0) is 25.9. The van der Waals surface area contributed by atoms with Crippen LogP contribution in [-0.2, 0) is 4.79 Å². The number of amides is 2. The fourth-order valence-corrected chi connectivity index (χ4v) is 4.84. The summed E-state index contributed by atoms with van der Waals surface area (Å²) in [6.07, 6.45) is 1.50. The summed E-state index contributed by atoms with van der Waals surface area (Å²) in [4.78, 5) is 44.1. The summed E-state index contributed by atoms with van der Waals surface area (Å²) in [7, 11) is 0. The third-order valence-electron chi connectivity index (χ3n) is 7.14. The van der Waals surface area contributed by atoms with E-state index in [2.05, 4.69) is 10.3 Å². The van der Waals surface area contributed by atoms with Crippen LogP contribution in [0.1, 0.15) is 47.4 Å². The maximum Gasteiger partial charge on any atom is 0.253 e. The van der Waals surface area contributed by atoms with E-state index in [1.165, 1.54) is 6.92 Å². The summed E-state index contributed by atoms with van der Waals surface area (Å²) >= 11 is 0. The molecule has 5 rings (SSSR count). The van der Waals surface area contributed by atoms with E-state index >= 15 is 0 Å². The van der Waals surface area contributed by atoms with Crippen LogP contribution in [0.2, 0.25) is 0 Å². The molecule has 7 nitrogen and oxygen atoms in total. The minimum Gasteiger partial charge on any atom is -0.436 e. The Bertz CT molecular complexity index is 1450. The lowest BCUT2D eigenvalue weighted by Gasteiger charge is -2.34. The van der Waals surface area contributed by atoms with Gasteiger partial charge in [-0.3, -0.25) is 14.4 Å². The van der Waals surface area contributed by atoms with Gasteiger partial charge < -0.3 is 14.6 Å². The van der Waals surface area contributed by atoms with Crippen molar-refractivity contribution in [3.63, 3.8) is 0 Å². The van der Waals surface area contributed by atoms with Crippen LogP contribution >= 0.6 is 0 Å². The predicted octanol–water partition coefficient (Wildman–Crippen LogP) is 5.82. The average molecular weight is 496 g/mol. The Balaban J connectivity index is 1.20. The molecule has 0 radical (unpaired) electrons. The van der Waals surface area contributed by atoms with Crippen molar-refractivity contribution in [1.82, 2.24) is 9.88 Å². The van der Waals surface area contributed by atoms with Crippen molar-refractivity contribution >= 4 is 34.4 Å². The summed E-state index contributed by atoms with van der Waals surface area (Å²) in [5, 5.41) is 2.94. The molecule has 0 spiro atoms. The highest BCUT2D eigenvalue weighted by molar-refractivity contribution is 5.98. The van der Waals surface area contributed by atoms with Gasteiger partial charge in [0.25, 0.3) is 5.91 Å². The van der Waals surface area contributed by atoms with Crippen LogP contribution in [0.15, 0.2) is 77.2 Å². The molecule has 0 unspecified atom stereocenters. The van der Waals surface area contributed by atoms with Gasteiger partial charge in [-0.15, -0.1) is 0 Å². The number of hydrogen-bond acceptors (Lipinski definition) is 5. The van der Waals surface area contributed by atoms with Gasteiger partial charge in [0, 0.05) is 41.4 Å². The molecular formula is C30H29N3O4. The molecule has 3 aromatic carbocycles. The topological polar surface area (TPSA) is 92.5 Å². The monoisotopic (exact) mass is 495 g/mol. The number of hydrogen-bond donors (Lipinski definition) is 1. The van der Waals surface area contributed by atoms with Gasteiger partial charge in [-0.2, -0.15) is 0 Å². The van der Waals surface area contributed by atoms with Gasteiger partial charge in [0.1, 0.15) is 5.52 Å². The van der Waals surface area contributed by atoms with E-state index in [9.17, 15) is 14.4 Å². The van der Waals surface area contributed by atoms with E-state index < -0.39 is 0 Å². The second-order valence-electron chi connectivity index (χ2n) is 9.61. The number of rotatable bonds is 6. The van der Waals surface area contributed by atoms with Crippen LogP contribution in [0.4, 0.5) is 5.69 Å². The normalized spacial score (nSPS) is 14.9. The van der Waals surface area contributed by atoms with E-state index in [1.807, 2.05) is 42.2 Å². The standard InChI is InChI=1S/C30H29N3O4/c1-19(28(35)31-25-10-6-9-23(17-25)20(2)34)21-13-15-33(16-14-21)30(36)24-11-12-27-26(18-24)32-29(37-27)22-7-4-3-5-8-22/h3-12,17-19,21H,13-16H2,1-2H3,(H,31,35)/t19-/m0/s1. The van der Waals surface area contributed by atoms with Crippen molar-refractivity contribution in [3.05, 3.63) is 83.9 Å². The average Bonchev–Trinajstić information content (AvgIpc) is 3.36. The number of anilines is 1. The number of aromatic nitrogens is 1. The number of nitrogens with one attached hydrogen (secondary N) is 1. The minimum absolute atomic E-state index is 0.0391. The summed E-state index contributed by atoms with van der Waals surface area (Å²) < 4.78 is 5.87. The number of likely N-dealkylation sites (tertiary alicyclic amines) is 1. The first-order valence-corrected chi connectivity index (χ1v) is 12.6. The van der Waals surface area contributed by atoms with Crippen molar-refractivity contribution in [2.24, 2.45) is 11.8 Å². The number of nitrogens with zero attached hydrogens (tertiary/aromatic N) is 2. The van der Waals surface area contributed by atoms with Crippen LogP contribution in [0.25, 0.3) is 22.6 Å². The van der Waals surface area contributed by atoms with Crippen LogP contribution < -0.4 is 5.32 Å². The third kappa shape index (κ3) is 5.31. The molecule has 2 heterocycles. The molecular weight excluding hydrogens is 466 g/mol. The molecule has 1 fully saturated rings. The second-order valence-corrected chi connectivity index (χ2v) is 9.61. The number of carbonyl (C=O) groups is 3. The number of carbonyl (C=O) groups excluding carboxylic acids is 3. The summed E-state index contributed by atoms with van der Waals surface area (Å²) in [5.74, 6) is 0.341. The number of oxazole rings is 1. The molecule has 0 aliphatic carbocycles. The van der Waals surface area contributed by atoms with Gasteiger partial charge in [0.05, 0.1) is 0 Å². The third-order valence-corrected chi connectivity index (χ3v) is 7.14. The van der Waals surface area contributed by atoms with Gasteiger partial charge in [-0.05, 0) is 68.1 Å². The van der Waals surface area contributed by atoms with Gasteiger partial charge in [0.15, 0.2) is 11.4 Å². The molecule has 1 aliphatic heterocycles. The molecule has 1 aliphatic rings. The molecule has 37 heavy (non-hydrogen) atoms. The molecule has 188 valence electrons. The molecule has 1 aromatic heterocycles. The maximum atomic E-state index is 13.2. The minimum atomic E-state index is -0.207. The summed E-state index contributed by atoms with van der Waals surface area (Å²) in [6, 6.07) is 22.0. The summed E-state index contributed by atoms with van der Waals surface area (Å²) in [5.41, 5.74) is 3.95. The first-order chi connectivity index (χ1) is 17.9. The molecule has 1 saturated heterocycles. The van der Waals surface area contributed by atoms with Crippen molar-refractivity contribution < 1.29 is 18.8 Å². The van der Waals surface area contributed by atoms with Crippen LogP contribution in [0.5, 0.6) is 0 Å². The van der Waals surface area contributed by atoms with E-state index in [1.54, 1.807) is 42.5 Å². The van der Waals surface area contributed by atoms with E-state index in [-0.39, 0.29) is 29.4 Å². The number of Topliss-reactive ketones (excluding diaryl/α,β-unsaturated/α-hetero) is 1. The Morgan fingerprint density at radius 2 is 1.70 bits per heavy atom. The highest BCUT2D eigenvalue weighted by Gasteiger charge is 2.30. The number of benzene rings is 3. The Morgan fingerprint density at radius 3 is 2.43 bits per heavy atom. The first kappa shape index (κ1) is 24.4. The molecule has 0 saturated carbocycles. The van der Waals surface area contributed by atoms with Crippen molar-refractivity contribution in [2.75, 3.05) is 18.4 Å². The molecule has 1 atom stereocenters. The Hall–Kier alpha value is -4.26. The molecule has 7 heteroatoms. The smallest absolute Gasteiger partial charge is 0.253 e. The van der Waals surface area contributed by atoms with Gasteiger partial charge >= 0.3 is 0 Å². The van der Waals surface area contributed by atoms with Gasteiger partial charge in [0.2, 0.25) is 11.8 Å². The second kappa shape index (κ2) is 10.4. The van der Waals surface area contributed by atoms with E-state index in [4.69, 9.17) is 4.42 Å². The van der Waals surface area contributed by atoms with Crippen molar-refractivity contribution in [2.45, 2.75) is 26.7 Å². The predicted molar refractivity (Wildman–Crippen MR) is 142 cm³/mol. The zero-order valence-electron chi connectivity index (χ0n) is 20.9. The summed E-state index contributed by atoms with van der Waals surface area (Å²) in [6.45, 7) is 4.61. The van der Waals surface area contributed by atoms with Crippen LogP contribution in [0.3, 0.4) is 0 Å². The lowest BCUT2D eigenvalue weighted by Crippen LogP contribution is -2.41. The molecule has 4 aromatic rings. The fraction of sp³-hybridized carbons (Fsp3) is 0.267. The van der Waals surface area contributed by atoms with Crippen molar-refractivity contribution in [3.8, 4) is 11.5 Å². The van der Waals surface area contributed by atoms with E-state index in [0.29, 0.717) is 46.9 Å². The quantitative estimate of drug-likeness (QED) is 0.340. The Labute approximate surface area is 215 Å². The molecule has 2 amide bonds. The number of ketones is 1. The number of fused-ring (bicyclic) bond motifs is 1. The van der Waals surface area contributed by atoms with Crippen LogP contribution in [0, 0.1) is 11.8 Å². The van der Waals surface area contributed by atoms with E-state index in [0.717, 1.165) is 18.4 Å². The Morgan fingerprint density at radius 1 is 0.946 bits per heavy atom. The largest absolute Gasteiger partial charge is 0.436 e. The maximum absolute atomic E-state index is 13.2. The van der Waals surface area contributed by atoms with Crippen molar-refractivity contribution in [1.29, 1.82) is 0 Å². The number of piperidine rings is 1.